The Morgan fingerprint density at radius 1 is 0.696 bits per heavy atom. The van der Waals surface area contributed by atoms with Gasteiger partial charge in [0.2, 0.25) is 5.12 Å². The van der Waals surface area contributed by atoms with Gasteiger partial charge in [0.1, 0.15) is 0 Å². The summed E-state index contributed by atoms with van der Waals surface area (Å²) in [5, 5.41) is 1.83. The first-order chi connectivity index (χ1) is 10.9. The van der Waals surface area contributed by atoms with Crippen LogP contribution in [-0.2, 0) is 0 Å². The molecule has 115 valence electrons. The topological polar surface area (TPSA) is 80.3 Å². The van der Waals surface area contributed by atoms with Gasteiger partial charge in [0, 0.05) is 0 Å². The molecule has 1 radical (unpaired) electrons. The Kier molecular flexibility index (Phi) is 5.49. The molecule has 0 aromatic heterocycles. The average molecular weight is 391 g/mol. The van der Waals surface area contributed by atoms with Gasteiger partial charge in [-0.15, -0.1) is 12.6 Å². The van der Waals surface area contributed by atoms with Gasteiger partial charge in [0.15, 0.2) is 0 Å². The zero-order chi connectivity index (χ0) is 17.0. The van der Waals surface area contributed by atoms with Crippen LogP contribution in [0.25, 0.3) is 0 Å². The van der Waals surface area contributed by atoms with Gasteiger partial charge in [0.05, 0.1) is 0 Å². The maximum absolute atomic E-state index is 12.0. The van der Waals surface area contributed by atoms with Gasteiger partial charge in [-0.1, -0.05) is 0 Å². The second kappa shape index (κ2) is 7.37. The van der Waals surface area contributed by atoms with Crippen molar-refractivity contribution in [3.63, 3.8) is 0 Å². The van der Waals surface area contributed by atoms with Gasteiger partial charge in [-0.3, -0.25) is 4.79 Å². The molecule has 0 spiro atoms. The summed E-state index contributed by atoms with van der Waals surface area (Å²) in [6.07, 6.45) is 0. The van der Waals surface area contributed by atoms with Gasteiger partial charge in [0.25, 0.3) is 0 Å². The van der Waals surface area contributed by atoms with Gasteiger partial charge in [-0.2, -0.15) is 0 Å². The predicted molar refractivity (Wildman–Crippen MR) is 88.1 cm³/mol. The van der Waals surface area contributed by atoms with E-state index in [1.807, 2.05) is 0 Å². The molecule has 2 rings (SSSR count). The Morgan fingerprint density at radius 2 is 1.04 bits per heavy atom. The number of hydrogen-bond donors (Lipinski definition) is 2. The number of carbonyl (C=O) groups is 4. The first-order valence-corrected chi connectivity index (χ1v) is 7.69. The van der Waals surface area contributed by atoms with Gasteiger partial charge in [-0.25, -0.2) is 0 Å². The Bertz CT molecular complexity index is 717. The van der Waals surface area contributed by atoms with Gasteiger partial charge in [-0.05, 0) is 0 Å². The Morgan fingerprint density at radius 3 is 1.39 bits per heavy atom. The predicted octanol–water partition coefficient (Wildman–Crippen LogP) is 1.64. The number of nitrogens with one attached hydrogen (secondary N) is 1. The number of rotatable bonds is 4. The van der Waals surface area contributed by atoms with Crippen LogP contribution in [0.2, 0.25) is 0 Å². The maximum atomic E-state index is 12.0. The van der Waals surface area contributed by atoms with E-state index in [0.717, 1.165) is 0 Å². The molecule has 0 aliphatic heterocycles. The zero-order valence-electron chi connectivity index (χ0n) is 11.6. The quantitative estimate of drug-likeness (QED) is 0.472. The number of imide groups is 1. The Balaban J connectivity index is 2.08. The van der Waals surface area contributed by atoms with E-state index in [2.05, 4.69) is 34.0 Å². The summed E-state index contributed by atoms with van der Waals surface area (Å²) in [5.74, 6) is -1.17. The van der Waals surface area contributed by atoms with Crippen molar-refractivity contribution in [3.05, 3.63) is 70.8 Å². The second-order valence-corrected chi connectivity index (χ2v) is 5.71. The molecule has 0 saturated heterocycles. The summed E-state index contributed by atoms with van der Waals surface area (Å²) >= 11 is 6.03. The minimum absolute atomic E-state index is 0.230. The third-order valence-corrected chi connectivity index (χ3v) is 3.76. The van der Waals surface area contributed by atoms with E-state index in [1.165, 1.54) is 48.5 Å². The molecule has 2 aromatic rings. The van der Waals surface area contributed by atoms with Crippen LogP contribution in [0, 0.1) is 0 Å². The van der Waals surface area contributed by atoms with Crippen molar-refractivity contribution >= 4 is 50.3 Å². The third kappa shape index (κ3) is 4.39. The normalized spacial score (nSPS) is 9.96. The molecule has 0 fully saturated rings. The average Bonchev–Trinajstić information content (AvgIpc) is 2.54. The van der Waals surface area contributed by atoms with Crippen LogP contribution in [0.15, 0.2) is 48.5 Å². The fourth-order valence-electron chi connectivity index (χ4n) is 1.77. The number of amides is 2. The van der Waals surface area contributed by atoms with Crippen molar-refractivity contribution in [1.29, 1.82) is 0 Å². The summed E-state index contributed by atoms with van der Waals surface area (Å²) in [4.78, 5) is 46.2. The van der Waals surface area contributed by atoms with E-state index < -0.39 is 16.9 Å². The monoisotopic (exact) mass is 392 g/mol. The molecule has 0 unspecified atom stereocenters. The standard InChI is InChI=1S/C16H10NO4SSe/c18-13(9-1-5-11(6-2-9)15(20)22)17-14(19)10-3-7-12(8-4-10)16(21)23/h1-8H,(H,20,22)(H,17,18,19). The molecule has 2 amide bonds. The molecule has 5 nitrogen and oxygen atoms in total. The zero-order valence-corrected chi connectivity index (χ0v) is 14.2. The number of hydrogen-bond acceptors (Lipinski definition) is 4. The van der Waals surface area contributed by atoms with Crippen molar-refractivity contribution in [1.82, 2.24) is 5.32 Å². The summed E-state index contributed by atoms with van der Waals surface area (Å²) in [6.45, 7) is 0. The van der Waals surface area contributed by atoms with Crippen LogP contribution in [0.3, 0.4) is 0 Å². The third-order valence-electron chi connectivity index (χ3n) is 3.00. The molecule has 0 bridgehead atoms. The SMILES string of the molecule is O=C(S)c1ccc(C(=O)NC(=O)c2ccc(C(=O)[Se])cc2)cc1. The summed E-state index contributed by atoms with van der Waals surface area (Å²) < 4.78 is -0.230. The molecule has 0 heterocycles. The van der Waals surface area contributed by atoms with E-state index in [9.17, 15) is 19.2 Å². The van der Waals surface area contributed by atoms with E-state index in [0.29, 0.717) is 11.1 Å². The molecule has 0 aliphatic rings. The first-order valence-electron chi connectivity index (χ1n) is 6.39. The second-order valence-electron chi connectivity index (χ2n) is 4.53. The van der Waals surface area contributed by atoms with E-state index in [1.54, 1.807) is 0 Å². The fraction of sp³-hybridized carbons (Fsp3) is 0. The number of thiol groups is 1. The van der Waals surface area contributed by atoms with Crippen LogP contribution >= 0.6 is 12.6 Å². The molecular weight excluding hydrogens is 381 g/mol. The minimum atomic E-state index is -0.586. The van der Waals surface area contributed by atoms with Crippen molar-refractivity contribution in [2.24, 2.45) is 0 Å². The molecule has 2 aromatic carbocycles. The van der Waals surface area contributed by atoms with Crippen LogP contribution in [-0.4, -0.2) is 37.6 Å². The van der Waals surface area contributed by atoms with E-state index >= 15 is 0 Å². The van der Waals surface area contributed by atoms with Crippen LogP contribution in [0.5, 0.6) is 0 Å². The van der Waals surface area contributed by atoms with E-state index in [4.69, 9.17) is 0 Å². The van der Waals surface area contributed by atoms with Crippen molar-refractivity contribution in [3.8, 4) is 0 Å². The van der Waals surface area contributed by atoms with Crippen molar-refractivity contribution < 1.29 is 19.2 Å². The molecule has 7 heteroatoms. The van der Waals surface area contributed by atoms with Crippen molar-refractivity contribution in [2.75, 3.05) is 0 Å². The number of benzene rings is 2. The molecular formula is C16H10NO4SSe. The molecule has 0 aliphatic carbocycles. The van der Waals surface area contributed by atoms with Crippen LogP contribution in [0.4, 0.5) is 0 Å². The molecule has 1 N–H and O–H groups in total. The fourth-order valence-corrected chi connectivity index (χ4v) is 2.20. The van der Waals surface area contributed by atoms with Crippen molar-refractivity contribution in [2.45, 2.75) is 0 Å². The van der Waals surface area contributed by atoms with Crippen LogP contribution < -0.4 is 5.32 Å². The Hall–Kier alpha value is -2.21. The summed E-state index contributed by atoms with van der Waals surface area (Å²) in [5.41, 5.74) is 1.28. The van der Waals surface area contributed by atoms with Gasteiger partial charge >= 0.3 is 123 Å². The summed E-state index contributed by atoms with van der Waals surface area (Å²) in [7, 11) is 0. The Labute approximate surface area is 145 Å². The van der Waals surface area contributed by atoms with Gasteiger partial charge < -0.3 is 0 Å². The molecule has 0 atom stereocenters. The van der Waals surface area contributed by atoms with Crippen LogP contribution in [0.1, 0.15) is 41.4 Å². The first kappa shape index (κ1) is 17.1. The molecule has 0 saturated carbocycles. The number of carbonyl (C=O) groups excluding carboxylic acids is 4. The summed E-state index contributed by atoms with van der Waals surface area (Å²) in [6, 6.07) is 11.7. The van der Waals surface area contributed by atoms with E-state index in [-0.39, 0.29) is 15.8 Å². The molecule has 23 heavy (non-hydrogen) atoms.